The molecule has 23 heavy (non-hydrogen) atoms. The topological polar surface area (TPSA) is 52.6 Å². The molecule has 0 heterocycles. The van der Waals surface area contributed by atoms with Crippen molar-refractivity contribution in [3.8, 4) is 0 Å². The zero-order valence-corrected chi connectivity index (χ0v) is 13.3. The first-order valence-electron chi connectivity index (χ1n) is 7.56. The molecule has 0 radical (unpaired) electrons. The van der Waals surface area contributed by atoms with Gasteiger partial charge in [0.05, 0.1) is 11.1 Å². The average molecular weight is 312 g/mol. The monoisotopic (exact) mass is 312 g/mol. The van der Waals surface area contributed by atoms with Gasteiger partial charge in [-0.05, 0) is 30.2 Å². The molecule has 4 heteroatoms. The van der Waals surface area contributed by atoms with E-state index in [9.17, 15) is 9.59 Å². The third kappa shape index (κ3) is 4.95. The maximum atomic E-state index is 12.1. The zero-order valence-electron chi connectivity index (χ0n) is 13.3. The van der Waals surface area contributed by atoms with Crippen LogP contribution in [0.15, 0.2) is 60.7 Å². The predicted molar refractivity (Wildman–Crippen MR) is 87.2 cm³/mol. The summed E-state index contributed by atoms with van der Waals surface area (Å²) in [6.45, 7) is 3.86. The Morgan fingerprint density at radius 1 is 0.826 bits per heavy atom. The molecule has 1 atom stereocenters. The lowest BCUT2D eigenvalue weighted by atomic mass is 10.1. The van der Waals surface area contributed by atoms with Crippen LogP contribution < -0.4 is 0 Å². The van der Waals surface area contributed by atoms with E-state index in [1.807, 2.05) is 26.0 Å². The molecule has 0 aromatic heterocycles. The minimum atomic E-state index is -0.490. The Labute approximate surface area is 136 Å². The van der Waals surface area contributed by atoms with E-state index in [0.717, 1.165) is 0 Å². The molecule has 2 aromatic carbocycles. The molecule has 0 amide bonds. The summed E-state index contributed by atoms with van der Waals surface area (Å²) in [4.78, 5) is 24.1. The highest BCUT2D eigenvalue weighted by molar-refractivity contribution is 5.90. The second kappa shape index (κ2) is 8.13. The molecule has 0 fully saturated rings. The highest BCUT2D eigenvalue weighted by atomic mass is 16.6. The van der Waals surface area contributed by atoms with Crippen LogP contribution in [0.1, 0.15) is 34.6 Å². The van der Waals surface area contributed by atoms with E-state index in [1.165, 1.54) is 0 Å². The maximum Gasteiger partial charge on any atom is 0.338 e. The molecule has 0 aliphatic carbocycles. The standard InChI is InChI=1S/C19H20O4/c1-14(2)17(23-19(21)16-11-7-4-8-12-16)13-22-18(20)15-9-5-3-6-10-15/h3-12,14,17H,13H2,1-2H3/t17-/m1/s1. The highest BCUT2D eigenvalue weighted by Gasteiger charge is 2.21. The smallest absolute Gasteiger partial charge is 0.338 e. The summed E-state index contributed by atoms with van der Waals surface area (Å²) in [5.41, 5.74) is 0.955. The van der Waals surface area contributed by atoms with Gasteiger partial charge in [0.1, 0.15) is 12.7 Å². The lowest BCUT2D eigenvalue weighted by Crippen LogP contribution is -2.30. The van der Waals surface area contributed by atoms with Crippen molar-refractivity contribution < 1.29 is 19.1 Å². The summed E-state index contributed by atoms with van der Waals surface area (Å²) < 4.78 is 10.7. The minimum absolute atomic E-state index is 0.0317. The molecule has 2 aromatic rings. The fraction of sp³-hybridized carbons (Fsp3) is 0.263. The number of rotatable bonds is 6. The van der Waals surface area contributed by atoms with Crippen LogP contribution in [0.3, 0.4) is 0 Å². The molecule has 120 valence electrons. The van der Waals surface area contributed by atoms with Crippen LogP contribution in [0.25, 0.3) is 0 Å². The molecular formula is C19H20O4. The van der Waals surface area contributed by atoms with Crippen molar-refractivity contribution in [2.24, 2.45) is 5.92 Å². The first-order chi connectivity index (χ1) is 11.1. The number of hydrogen-bond acceptors (Lipinski definition) is 4. The fourth-order valence-corrected chi connectivity index (χ4v) is 1.96. The van der Waals surface area contributed by atoms with Crippen LogP contribution in [0.5, 0.6) is 0 Å². The summed E-state index contributed by atoms with van der Waals surface area (Å²) in [6.07, 6.45) is -0.490. The molecule has 0 saturated heterocycles. The number of carbonyl (C=O) groups is 2. The van der Waals surface area contributed by atoms with Gasteiger partial charge in [-0.1, -0.05) is 50.2 Å². The van der Waals surface area contributed by atoms with Crippen molar-refractivity contribution in [3.63, 3.8) is 0 Å². The van der Waals surface area contributed by atoms with E-state index in [-0.39, 0.29) is 12.5 Å². The van der Waals surface area contributed by atoms with Crippen LogP contribution in [0.4, 0.5) is 0 Å². The van der Waals surface area contributed by atoms with Gasteiger partial charge in [-0.25, -0.2) is 9.59 Å². The van der Waals surface area contributed by atoms with E-state index in [2.05, 4.69) is 0 Å². The molecule has 0 aliphatic heterocycles. The largest absolute Gasteiger partial charge is 0.458 e. The molecule has 0 unspecified atom stereocenters. The number of esters is 2. The van der Waals surface area contributed by atoms with E-state index >= 15 is 0 Å². The maximum absolute atomic E-state index is 12.1. The van der Waals surface area contributed by atoms with Crippen LogP contribution in [-0.4, -0.2) is 24.6 Å². The van der Waals surface area contributed by atoms with Crippen LogP contribution in [-0.2, 0) is 9.47 Å². The summed E-state index contributed by atoms with van der Waals surface area (Å²) >= 11 is 0. The summed E-state index contributed by atoms with van der Waals surface area (Å²) in [5, 5.41) is 0. The first-order valence-corrected chi connectivity index (χ1v) is 7.56. The Hall–Kier alpha value is -2.62. The highest BCUT2D eigenvalue weighted by Crippen LogP contribution is 2.12. The lowest BCUT2D eigenvalue weighted by Gasteiger charge is -2.21. The number of benzene rings is 2. The SMILES string of the molecule is CC(C)[C@@H](COC(=O)c1ccccc1)OC(=O)c1ccccc1. The Bertz CT molecular complexity index is 635. The molecule has 0 aliphatic rings. The molecule has 2 rings (SSSR count). The van der Waals surface area contributed by atoms with Gasteiger partial charge in [-0.2, -0.15) is 0 Å². The van der Waals surface area contributed by atoms with E-state index in [1.54, 1.807) is 48.5 Å². The zero-order chi connectivity index (χ0) is 16.7. The first kappa shape index (κ1) is 16.7. The van der Waals surface area contributed by atoms with Gasteiger partial charge in [0.15, 0.2) is 0 Å². The second-order valence-electron chi connectivity index (χ2n) is 5.52. The van der Waals surface area contributed by atoms with E-state index in [4.69, 9.17) is 9.47 Å². The number of ether oxygens (including phenoxy) is 2. The Morgan fingerprint density at radius 2 is 1.30 bits per heavy atom. The Kier molecular flexibility index (Phi) is 5.92. The predicted octanol–water partition coefficient (Wildman–Crippen LogP) is 3.73. The van der Waals surface area contributed by atoms with Crippen LogP contribution >= 0.6 is 0 Å². The third-order valence-corrected chi connectivity index (χ3v) is 3.40. The minimum Gasteiger partial charge on any atom is -0.458 e. The molecule has 0 N–H and O–H groups in total. The third-order valence-electron chi connectivity index (χ3n) is 3.40. The Morgan fingerprint density at radius 3 is 1.78 bits per heavy atom. The number of carbonyl (C=O) groups excluding carboxylic acids is 2. The summed E-state index contributed by atoms with van der Waals surface area (Å²) in [5.74, 6) is -0.807. The van der Waals surface area contributed by atoms with Crippen molar-refractivity contribution in [2.75, 3.05) is 6.61 Å². The van der Waals surface area contributed by atoms with Crippen LogP contribution in [0, 0.1) is 5.92 Å². The van der Waals surface area contributed by atoms with Crippen molar-refractivity contribution >= 4 is 11.9 Å². The normalized spacial score (nSPS) is 11.8. The lowest BCUT2D eigenvalue weighted by molar-refractivity contribution is -0.0139. The van der Waals surface area contributed by atoms with Crippen molar-refractivity contribution in [2.45, 2.75) is 20.0 Å². The summed E-state index contributed by atoms with van der Waals surface area (Å²) in [6, 6.07) is 17.5. The molecule has 4 nitrogen and oxygen atoms in total. The quantitative estimate of drug-likeness (QED) is 0.763. The van der Waals surface area contributed by atoms with Crippen molar-refractivity contribution in [1.82, 2.24) is 0 Å². The van der Waals surface area contributed by atoms with Gasteiger partial charge < -0.3 is 9.47 Å². The van der Waals surface area contributed by atoms with Gasteiger partial charge in [0, 0.05) is 0 Å². The Balaban J connectivity index is 1.94. The molecule has 0 saturated carbocycles. The molecular weight excluding hydrogens is 292 g/mol. The van der Waals surface area contributed by atoms with Gasteiger partial charge in [-0.3, -0.25) is 0 Å². The van der Waals surface area contributed by atoms with Gasteiger partial charge in [-0.15, -0.1) is 0 Å². The van der Waals surface area contributed by atoms with Gasteiger partial charge >= 0.3 is 11.9 Å². The van der Waals surface area contributed by atoms with E-state index in [0.29, 0.717) is 11.1 Å². The van der Waals surface area contributed by atoms with E-state index < -0.39 is 18.0 Å². The summed E-state index contributed by atoms with van der Waals surface area (Å²) in [7, 11) is 0. The molecule has 0 bridgehead atoms. The van der Waals surface area contributed by atoms with Crippen molar-refractivity contribution in [3.05, 3.63) is 71.8 Å². The van der Waals surface area contributed by atoms with Crippen LogP contribution in [0.2, 0.25) is 0 Å². The number of hydrogen-bond donors (Lipinski definition) is 0. The second-order valence-corrected chi connectivity index (χ2v) is 5.52. The van der Waals surface area contributed by atoms with Gasteiger partial charge in [0.25, 0.3) is 0 Å². The van der Waals surface area contributed by atoms with Crippen molar-refractivity contribution in [1.29, 1.82) is 0 Å². The average Bonchev–Trinajstić information content (AvgIpc) is 2.59. The van der Waals surface area contributed by atoms with Gasteiger partial charge in [0.2, 0.25) is 0 Å². The molecule has 0 spiro atoms. The fourth-order valence-electron chi connectivity index (χ4n) is 1.96.